The third-order valence-corrected chi connectivity index (χ3v) is 7.92. The molecule has 41 heavy (non-hydrogen) atoms. The Morgan fingerprint density at radius 1 is 1.07 bits per heavy atom. The van der Waals surface area contributed by atoms with Crippen LogP contribution in [0, 0.1) is 5.92 Å². The van der Waals surface area contributed by atoms with Crippen LogP contribution in [-0.2, 0) is 9.63 Å². The highest BCUT2D eigenvalue weighted by molar-refractivity contribution is 6.02. The van der Waals surface area contributed by atoms with Crippen molar-refractivity contribution in [3.8, 4) is 5.75 Å². The van der Waals surface area contributed by atoms with E-state index >= 15 is 0 Å². The Hall–Kier alpha value is -4.15. The molecule has 2 saturated heterocycles. The number of aromatic nitrogens is 2. The Morgan fingerprint density at radius 2 is 1.88 bits per heavy atom. The molecule has 1 amide bonds. The number of nitrogens with zero attached hydrogens (tertiary/aromatic N) is 5. The van der Waals surface area contributed by atoms with Crippen molar-refractivity contribution in [3.63, 3.8) is 0 Å². The zero-order chi connectivity index (χ0) is 28.2. The van der Waals surface area contributed by atoms with Gasteiger partial charge >= 0.3 is 0 Å². The van der Waals surface area contributed by atoms with E-state index in [0.29, 0.717) is 35.4 Å². The van der Waals surface area contributed by atoms with Crippen LogP contribution in [-0.4, -0.2) is 67.2 Å². The number of hydrogen-bond donors (Lipinski definition) is 2. The van der Waals surface area contributed by atoms with Crippen molar-refractivity contribution in [1.82, 2.24) is 14.9 Å². The Morgan fingerprint density at radius 3 is 2.61 bits per heavy atom. The maximum absolute atomic E-state index is 12.4. The van der Waals surface area contributed by atoms with E-state index in [-0.39, 0.29) is 11.9 Å². The molecular weight excluding hydrogens is 518 g/mol. The van der Waals surface area contributed by atoms with Gasteiger partial charge in [0.1, 0.15) is 17.9 Å². The first-order chi connectivity index (χ1) is 20.1. The molecule has 1 atom stereocenters. The first-order valence-corrected chi connectivity index (χ1v) is 14.3. The van der Waals surface area contributed by atoms with E-state index < -0.39 is 0 Å². The second kappa shape index (κ2) is 12.2. The highest BCUT2D eigenvalue weighted by atomic mass is 16.7. The fourth-order valence-corrected chi connectivity index (χ4v) is 5.56. The second-order valence-electron chi connectivity index (χ2n) is 10.8. The summed E-state index contributed by atoms with van der Waals surface area (Å²) in [5.41, 5.74) is 3.46. The minimum Gasteiger partial charge on any atom is -0.494 e. The number of anilines is 5. The number of amides is 1. The average Bonchev–Trinajstić information content (AvgIpc) is 3.69. The number of methoxy groups -OCH3 is 1. The van der Waals surface area contributed by atoms with E-state index in [1.54, 1.807) is 7.11 Å². The number of carbonyl (C=O) groups excluding carboxylic acids is 1. The van der Waals surface area contributed by atoms with Crippen LogP contribution in [0.5, 0.6) is 5.75 Å². The quantitative estimate of drug-likeness (QED) is 0.343. The van der Waals surface area contributed by atoms with Gasteiger partial charge in [0.15, 0.2) is 5.82 Å². The number of piperazine rings is 1. The summed E-state index contributed by atoms with van der Waals surface area (Å²) in [6.07, 6.45) is 6.38. The standard InChI is InChI=1S/C31H37N7O3/c1-3-31(39)35-24-17-25(28(40-2)18-27(24)37-14-12-36(13-15-37)20-22-9-10-22)34-29-19-30(33-21-32-29)38-26(11-16-41-38)23-7-5-4-6-8-23/h3-8,17-19,21-22,26H,1,9-16,20H2,2H3,(H,35,39)(H,32,33,34)/t26-/m1/s1. The molecule has 214 valence electrons. The average molecular weight is 556 g/mol. The summed E-state index contributed by atoms with van der Waals surface area (Å²) in [4.78, 5) is 32.2. The normalized spacial score (nSPS) is 19.2. The van der Waals surface area contributed by atoms with Gasteiger partial charge in [-0.25, -0.2) is 15.0 Å². The molecule has 1 aromatic heterocycles. The van der Waals surface area contributed by atoms with E-state index in [1.165, 1.54) is 37.4 Å². The van der Waals surface area contributed by atoms with Gasteiger partial charge in [-0.15, -0.1) is 0 Å². The molecule has 3 aliphatic rings. The Balaban J connectivity index is 1.24. The number of hydrogen-bond acceptors (Lipinski definition) is 9. The maximum atomic E-state index is 12.4. The van der Waals surface area contributed by atoms with Crippen LogP contribution in [0.2, 0.25) is 0 Å². The van der Waals surface area contributed by atoms with E-state index in [2.05, 4.69) is 49.1 Å². The first-order valence-electron chi connectivity index (χ1n) is 14.3. The SMILES string of the molecule is C=CC(=O)Nc1cc(Nc2cc(N3OCC[C@@H]3c3ccccc3)ncn2)c(OC)cc1N1CCN(CC2CC2)CC1. The third-order valence-electron chi connectivity index (χ3n) is 7.92. The largest absolute Gasteiger partial charge is 0.494 e. The first kappa shape index (κ1) is 27.0. The van der Waals surface area contributed by atoms with Crippen LogP contribution in [0.4, 0.5) is 28.7 Å². The van der Waals surface area contributed by atoms with Gasteiger partial charge in [-0.2, -0.15) is 0 Å². The highest BCUT2D eigenvalue weighted by Gasteiger charge is 2.30. The number of nitrogens with one attached hydrogen (secondary N) is 2. The lowest BCUT2D eigenvalue weighted by Crippen LogP contribution is -2.47. The van der Waals surface area contributed by atoms with Crippen LogP contribution < -0.4 is 25.3 Å². The smallest absolute Gasteiger partial charge is 0.247 e. The molecule has 10 nitrogen and oxygen atoms in total. The molecule has 2 aliphatic heterocycles. The van der Waals surface area contributed by atoms with Crippen LogP contribution >= 0.6 is 0 Å². The van der Waals surface area contributed by atoms with Crippen molar-refractivity contribution in [2.24, 2.45) is 5.92 Å². The van der Waals surface area contributed by atoms with Gasteiger partial charge in [0, 0.05) is 51.3 Å². The minimum absolute atomic E-state index is 0.0678. The van der Waals surface area contributed by atoms with Gasteiger partial charge in [-0.05, 0) is 36.5 Å². The third kappa shape index (κ3) is 6.28. The Kier molecular flexibility index (Phi) is 8.02. The molecule has 3 heterocycles. The van der Waals surface area contributed by atoms with E-state index in [4.69, 9.17) is 9.57 Å². The summed E-state index contributed by atoms with van der Waals surface area (Å²) >= 11 is 0. The predicted molar refractivity (Wildman–Crippen MR) is 161 cm³/mol. The molecule has 6 rings (SSSR count). The molecule has 1 aliphatic carbocycles. The van der Waals surface area contributed by atoms with Crippen molar-refractivity contribution in [1.29, 1.82) is 0 Å². The van der Waals surface area contributed by atoms with Gasteiger partial charge in [-0.3, -0.25) is 14.5 Å². The monoisotopic (exact) mass is 555 g/mol. The summed E-state index contributed by atoms with van der Waals surface area (Å²) in [5, 5.41) is 8.23. The van der Waals surface area contributed by atoms with Crippen molar-refractivity contribution in [2.75, 3.05) is 67.0 Å². The molecular formula is C31H37N7O3. The number of rotatable bonds is 10. The topological polar surface area (TPSA) is 95.1 Å². The van der Waals surface area contributed by atoms with Crippen LogP contribution in [0.25, 0.3) is 0 Å². The van der Waals surface area contributed by atoms with Gasteiger partial charge < -0.3 is 20.3 Å². The van der Waals surface area contributed by atoms with Crippen molar-refractivity contribution < 1.29 is 14.4 Å². The zero-order valence-corrected chi connectivity index (χ0v) is 23.5. The van der Waals surface area contributed by atoms with Gasteiger partial charge in [0.25, 0.3) is 0 Å². The molecule has 0 radical (unpaired) electrons. The fourth-order valence-electron chi connectivity index (χ4n) is 5.56. The molecule has 10 heteroatoms. The molecule has 0 bridgehead atoms. The molecule has 0 unspecified atom stereocenters. The molecule has 0 spiro atoms. The van der Waals surface area contributed by atoms with Crippen LogP contribution in [0.3, 0.4) is 0 Å². The van der Waals surface area contributed by atoms with Crippen LogP contribution in [0.15, 0.2) is 67.5 Å². The van der Waals surface area contributed by atoms with Crippen molar-refractivity contribution in [3.05, 3.63) is 73.1 Å². The Labute approximate surface area is 240 Å². The molecule has 2 N–H and O–H groups in total. The zero-order valence-electron chi connectivity index (χ0n) is 23.5. The lowest BCUT2D eigenvalue weighted by atomic mass is 10.0. The number of benzene rings is 2. The van der Waals surface area contributed by atoms with Gasteiger partial charge in [-0.1, -0.05) is 36.9 Å². The molecule has 2 aromatic carbocycles. The van der Waals surface area contributed by atoms with Crippen molar-refractivity contribution in [2.45, 2.75) is 25.3 Å². The number of hydroxylamine groups is 1. The maximum Gasteiger partial charge on any atom is 0.247 e. The summed E-state index contributed by atoms with van der Waals surface area (Å²) in [5.74, 6) is 2.50. The van der Waals surface area contributed by atoms with Crippen molar-refractivity contribution >= 4 is 34.6 Å². The summed E-state index contributed by atoms with van der Waals surface area (Å²) < 4.78 is 5.81. The highest BCUT2D eigenvalue weighted by Crippen LogP contribution is 2.40. The lowest BCUT2D eigenvalue weighted by molar-refractivity contribution is -0.111. The van der Waals surface area contributed by atoms with Crippen LogP contribution in [0.1, 0.15) is 30.9 Å². The molecule has 3 fully saturated rings. The summed E-state index contributed by atoms with van der Waals surface area (Å²) in [6, 6.07) is 16.1. The number of ether oxygens (including phenoxy) is 1. The molecule has 1 saturated carbocycles. The summed E-state index contributed by atoms with van der Waals surface area (Å²) in [7, 11) is 1.65. The molecule has 3 aromatic rings. The van der Waals surface area contributed by atoms with Gasteiger partial charge in [0.2, 0.25) is 5.91 Å². The Bertz CT molecular complexity index is 1370. The van der Waals surface area contributed by atoms with E-state index in [9.17, 15) is 4.79 Å². The van der Waals surface area contributed by atoms with Gasteiger partial charge in [0.05, 0.1) is 36.8 Å². The fraction of sp³-hybridized carbons (Fsp3) is 0.387. The predicted octanol–water partition coefficient (Wildman–Crippen LogP) is 4.77. The number of carbonyl (C=O) groups is 1. The van der Waals surface area contributed by atoms with E-state index in [1.807, 2.05) is 41.5 Å². The van der Waals surface area contributed by atoms with E-state index in [0.717, 1.165) is 44.2 Å². The second-order valence-corrected chi connectivity index (χ2v) is 10.8. The minimum atomic E-state index is -0.266. The lowest BCUT2D eigenvalue weighted by Gasteiger charge is -2.37. The summed E-state index contributed by atoms with van der Waals surface area (Å²) in [6.45, 7) is 9.20.